The molecule has 7 heteroatoms. The highest BCUT2D eigenvalue weighted by Crippen LogP contribution is 2.20. The third-order valence-corrected chi connectivity index (χ3v) is 0.533. The summed E-state index contributed by atoms with van der Waals surface area (Å²) < 4.78 is 33.2. The monoisotopic (exact) mass is 298 g/mol. The van der Waals surface area contributed by atoms with E-state index in [1.807, 2.05) is 6.92 Å². The molecule has 0 N–H and O–H groups in total. The molecule has 0 amide bonds. The molecule has 0 aromatic carbocycles. The van der Waals surface area contributed by atoms with Crippen molar-refractivity contribution in [2.24, 2.45) is 0 Å². The van der Waals surface area contributed by atoms with Gasteiger partial charge in [0.25, 0.3) is 0 Å². The van der Waals surface area contributed by atoms with E-state index in [4.69, 9.17) is 0 Å². The zero-order valence-corrected chi connectivity index (χ0v) is 11.2. The maximum absolute atomic E-state index is 11.1. The van der Waals surface area contributed by atoms with Crippen molar-refractivity contribution in [1.29, 1.82) is 0 Å². The third-order valence-electron chi connectivity index (χ3n) is 0.533. The van der Waals surface area contributed by atoms with Gasteiger partial charge in [0.05, 0.1) is 0 Å². The summed E-state index contributed by atoms with van der Waals surface area (Å²) in [5.74, 6) is 0. The molecular formula is C7H17Cl4F3. The number of allylic oxidation sites excluding steroid dienone is 1. The van der Waals surface area contributed by atoms with Crippen molar-refractivity contribution in [3.05, 3.63) is 12.7 Å². The number of hydrogen-bond acceptors (Lipinski definition) is 0. The van der Waals surface area contributed by atoms with E-state index in [0.717, 1.165) is 0 Å². The largest absolute Gasteiger partial charge is 0.389 e. The minimum Gasteiger partial charge on any atom is -0.171 e. The van der Waals surface area contributed by atoms with Crippen LogP contribution in [0.15, 0.2) is 12.7 Å². The molecule has 0 rings (SSSR count). The van der Waals surface area contributed by atoms with Gasteiger partial charge in [0, 0.05) is 6.42 Å². The van der Waals surface area contributed by atoms with Crippen molar-refractivity contribution >= 4 is 49.6 Å². The Balaban J connectivity index is -0.0000000208. The number of halogens is 7. The smallest absolute Gasteiger partial charge is 0.171 e. The normalized spacial score (nSPS) is 6.93. The summed E-state index contributed by atoms with van der Waals surface area (Å²) in [5.41, 5.74) is 0. The Morgan fingerprint density at radius 3 is 1.29 bits per heavy atom. The molecule has 0 heterocycles. The summed E-state index contributed by atoms with van der Waals surface area (Å²) in [6.07, 6.45) is -2.68. The topological polar surface area (TPSA) is 0 Å². The number of alkyl halides is 3. The Bertz CT molecular complexity index is 85.5. The molecule has 0 unspecified atom stereocenters. The Morgan fingerprint density at radius 2 is 1.29 bits per heavy atom. The Labute approximate surface area is 108 Å². The fraction of sp³-hybridized carbons (Fsp3) is 0.714. The molecule has 0 aromatic heterocycles. The second-order valence-corrected chi connectivity index (χ2v) is 1.77. The SMILES string of the molecule is C=CC.CCCC(F)(F)F.Cl.Cl.Cl.Cl. The van der Waals surface area contributed by atoms with Crippen LogP contribution in [0.25, 0.3) is 0 Å². The molecule has 14 heavy (non-hydrogen) atoms. The Morgan fingerprint density at radius 1 is 1.07 bits per heavy atom. The van der Waals surface area contributed by atoms with Crippen molar-refractivity contribution in [2.75, 3.05) is 0 Å². The van der Waals surface area contributed by atoms with E-state index in [1.54, 1.807) is 6.08 Å². The maximum Gasteiger partial charge on any atom is 0.389 e. The molecule has 94 valence electrons. The molecule has 0 saturated carbocycles. The van der Waals surface area contributed by atoms with E-state index in [2.05, 4.69) is 6.58 Å². The average Bonchev–Trinajstić information content (AvgIpc) is 1.63. The lowest BCUT2D eigenvalue weighted by Crippen LogP contribution is -2.04. The molecular weight excluding hydrogens is 283 g/mol. The summed E-state index contributed by atoms with van der Waals surface area (Å²) in [6, 6.07) is 0. The lowest BCUT2D eigenvalue weighted by Gasteiger charge is -2.00. The highest BCUT2D eigenvalue weighted by molar-refractivity contribution is 5.86. The molecule has 0 bridgehead atoms. The minimum atomic E-state index is -3.95. The highest BCUT2D eigenvalue weighted by atomic mass is 35.5. The van der Waals surface area contributed by atoms with Crippen LogP contribution >= 0.6 is 49.6 Å². The quantitative estimate of drug-likeness (QED) is 0.582. The van der Waals surface area contributed by atoms with E-state index in [0.29, 0.717) is 0 Å². The molecule has 0 nitrogen and oxygen atoms in total. The molecule has 0 aliphatic carbocycles. The first-order chi connectivity index (χ1) is 4.47. The second-order valence-electron chi connectivity index (χ2n) is 1.77. The van der Waals surface area contributed by atoms with E-state index in [-0.39, 0.29) is 56.0 Å². The lowest BCUT2D eigenvalue weighted by atomic mass is 10.3. The van der Waals surface area contributed by atoms with Crippen LogP contribution < -0.4 is 0 Å². The van der Waals surface area contributed by atoms with Crippen LogP contribution in [0.4, 0.5) is 13.2 Å². The molecule has 0 atom stereocenters. The molecule has 0 saturated heterocycles. The minimum absolute atomic E-state index is 0. The fourth-order valence-electron chi connectivity index (χ4n) is 0.283. The zero-order chi connectivity index (χ0) is 8.62. The third kappa shape index (κ3) is 78.8. The van der Waals surface area contributed by atoms with Crippen molar-refractivity contribution in [3.8, 4) is 0 Å². The fourth-order valence-corrected chi connectivity index (χ4v) is 0.283. The van der Waals surface area contributed by atoms with Crippen LogP contribution in [0.1, 0.15) is 26.7 Å². The number of rotatable bonds is 1. The summed E-state index contributed by atoms with van der Waals surface area (Å²) >= 11 is 0. The Kier molecular flexibility index (Phi) is 61.1. The van der Waals surface area contributed by atoms with Crippen LogP contribution in [0.2, 0.25) is 0 Å². The average molecular weight is 300 g/mol. The first-order valence-corrected chi connectivity index (χ1v) is 3.11. The van der Waals surface area contributed by atoms with Gasteiger partial charge in [0.2, 0.25) is 0 Å². The summed E-state index contributed by atoms with van der Waals surface area (Å²) in [6.45, 7) is 6.76. The van der Waals surface area contributed by atoms with Gasteiger partial charge in [-0.25, -0.2) is 0 Å². The maximum atomic E-state index is 11.1. The number of hydrogen-bond donors (Lipinski definition) is 0. The van der Waals surface area contributed by atoms with Gasteiger partial charge in [0.15, 0.2) is 0 Å². The van der Waals surface area contributed by atoms with Crippen molar-refractivity contribution in [1.82, 2.24) is 0 Å². The van der Waals surface area contributed by atoms with Crippen LogP contribution in [0.5, 0.6) is 0 Å². The van der Waals surface area contributed by atoms with Gasteiger partial charge in [-0.05, 0) is 13.3 Å². The van der Waals surface area contributed by atoms with E-state index in [1.165, 1.54) is 6.92 Å². The lowest BCUT2D eigenvalue weighted by molar-refractivity contribution is -0.134. The molecule has 0 aliphatic rings. The Hall–Kier alpha value is 0.690. The van der Waals surface area contributed by atoms with Gasteiger partial charge < -0.3 is 0 Å². The van der Waals surface area contributed by atoms with Crippen molar-refractivity contribution in [3.63, 3.8) is 0 Å². The van der Waals surface area contributed by atoms with Gasteiger partial charge in [-0.3, -0.25) is 0 Å². The molecule has 0 aromatic rings. The van der Waals surface area contributed by atoms with Gasteiger partial charge in [-0.1, -0.05) is 13.0 Å². The first-order valence-electron chi connectivity index (χ1n) is 3.11. The predicted molar refractivity (Wildman–Crippen MR) is 65.8 cm³/mol. The van der Waals surface area contributed by atoms with E-state index < -0.39 is 12.6 Å². The van der Waals surface area contributed by atoms with Gasteiger partial charge in [-0.15, -0.1) is 56.2 Å². The standard InChI is InChI=1S/C4H7F3.C3H6.4ClH/c1-2-3-4(5,6)7;1-3-2;;;;/h2-3H2,1H3;3H,1H2,2H3;4*1H. The predicted octanol–water partition coefficient (Wildman–Crippen LogP) is 5.23. The van der Waals surface area contributed by atoms with Gasteiger partial charge >= 0.3 is 6.18 Å². The van der Waals surface area contributed by atoms with Crippen LogP contribution in [-0.2, 0) is 0 Å². The van der Waals surface area contributed by atoms with Crippen molar-refractivity contribution < 1.29 is 13.2 Å². The van der Waals surface area contributed by atoms with Crippen LogP contribution in [0, 0.1) is 0 Å². The second kappa shape index (κ2) is 23.5. The van der Waals surface area contributed by atoms with Gasteiger partial charge in [-0.2, -0.15) is 13.2 Å². The van der Waals surface area contributed by atoms with E-state index >= 15 is 0 Å². The summed E-state index contributed by atoms with van der Waals surface area (Å²) in [5, 5.41) is 0. The van der Waals surface area contributed by atoms with Crippen LogP contribution in [0.3, 0.4) is 0 Å². The summed E-state index contributed by atoms with van der Waals surface area (Å²) in [4.78, 5) is 0. The molecule has 0 spiro atoms. The first kappa shape index (κ1) is 36.5. The van der Waals surface area contributed by atoms with Crippen LogP contribution in [-0.4, -0.2) is 6.18 Å². The molecule has 0 aliphatic heterocycles. The summed E-state index contributed by atoms with van der Waals surface area (Å²) in [7, 11) is 0. The zero-order valence-electron chi connectivity index (χ0n) is 7.97. The van der Waals surface area contributed by atoms with E-state index in [9.17, 15) is 13.2 Å². The van der Waals surface area contributed by atoms with Gasteiger partial charge in [0.1, 0.15) is 0 Å². The highest BCUT2D eigenvalue weighted by Gasteiger charge is 2.24. The molecule has 0 fully saturated rings. The van der Waals surface area contributed by atoms with Crippen molar-refractivity contribution in [2.45, 2.75) is 32.9 Å². The molecule has 0 radical (unpaired) electrons.